The first-order chi connectivity index (χ1) is 7.24. The van der Waals surface area contributed by atoms with E-state index >= 15 is 0 Å². The summed E-state index contributed by atoms with van der Waals surface area (Å²) >= 11 is 0. The van der Waals surface area contributed by atoms with Crippen molar-refractivity contribution in [3.63, 3.8) is 0 Å². The van der Waals surface area contributed by atoms with E-state index in [9.17, 15) is 9.59 Å². The van der Waals surface area contributed by atoms with Crippen molar-refractivity contribution in [2.75, 3.05) is 6.54 Å². The molecule has 5 heteroatoms. The Hall–Kier alpha value is -2.17. The lowest BCUT2D eigenvalue weighted by Gasteiger charge is -1.99. The number of carbonyl (C=O) groups is 1. The molecule has 1 radical (unpaired) electrons. The van der Waals surface area contributed by atoms with Crippen molar-refractivity contribution in [3.8, 4) is 0 Å². The average molecular weight is 204 g/mol. The number of aromatic nitrogens is 1. The predicted octanol–water partition coefficient (Wildman–Crippen LogP) is -0.393. The molecule has 0 saturated carbocycles. The SMILES string of the molecule is NC(=CC(=O)NC[C]=O)c1ccccn1. The van der Waals surface area contributed by atoms with E-state index in [1.165, 1.54) is 6.08 Å². The van der Waals surface area contributed by atoms with Gasteiger partial charge in [0.2, 0.25) is 12.2 Å². The van der Waals surface area contributed by atoms with Gasteiger partial charge in [-0.15, -0.1) is 0 Å². The predicted molar refractivity (Wildman–Crippen MR) is 55.1 cm³/mol. The normalized spacial score (nSPS) is 10.8. The molecular formula is C10H10N3O2. The minimum absolute atomic E-state index is 0.148. The maximum Gasteiger partial charge on any atom is 0.246 e. The summed E-state index contributed by atoms with van der Waals surface area (Å²) < 4.78 is 0. The van der Waals surface area contributed by atoms with E-state index in [1.807, 2.05) is 0 Å². The maximum absolute atomic E-state index is 11.1. The second-order valence-electron chi connectivity index (χ2n) is 2.68. The van der Waals surface area contributed by atoms with E-state index in [-0.39, 0.29) is 12.2 Å². The summed E-state index contributed by atoms with van der Waals surface area (Å²) in [6.07, 6.45) is 4.30. The summed E-state index contributed by atoms with van der Waals surface area (Å²) in [4.78, 5) is 24.9. The fourth-order valence-corrected chi connectivity index (χ4v) is 0.923. The van der Waals surface area contributed by atoms with E-state index in [4.69, 9.17) is 5.73 Å². The van der Waals surface area contributed by atoms with Crippen LogP contribution in [-0.2, 0) is 9.59 Å². The molecule has 15 heavy (non-hydrogen) atoms. The molecule has 0 bridgehead atoms. The Kier molecular flexibility index (Phi) is 4.03. The molecule has 0 aromatic carbocycles. The van der Waals surface area contributed by atoms with Gasteiger partial charge in [-0.1, -0.05) is 6.07 Å². The average Bonchev–Trinajstić information content (AvgIpc) is 2.27. The third kappa shape index (κ3) is 3.60. The molecule has 0 saturated heterocycles. The van der Waals surface area contributed by atoms with E-state index in [2.05, 4.69) is 10.3 Å². The molecule has 1 aromatic rings. The minimum Gasteiger partial charge on any atom is -0.397 e. The van der Waals surface area contributed by atoms with Crippen molar-refractivity contribution in [3.05, 3.63) is 36.2 Å². The van der Waals surface area contributed by atoms with Gasteiger partial charge >= 0.3 is 0 Å². The molecule has 1 aromatic heterocycles. The molecule has 1 rings (SSSR count). The lowest BCUT2D eigenvalue weighted by atomic mass is 10.2. The highest BCUT2D eigenvalue weighted by atomic mass is 16.2. The Morgan fingerprint density at radius 2 is 2.40 bits per heavy atom. The number of pyridine rings is 1. The molecule has 0 aliphatic rings. The molecule has 1 heterocycles. The zero-order valence-electron chi connectivity index (χ0n) is 7.93. The smallest absolute Gasteiger partial charge is 0.246 e. The Morgan fingerprint density at radius 1 is 1.60 bits per heavy atom. The number of hydrogen-bond donors (Lipinski definition) is 2. The van der Waals surface area contributed by atoms with Crippen molar-refractivity contribution in [1.29, 1.82) is 0 Å². The second kappa shape index (κ2) is 5.54. The first-order valence-electron chi connectivity index (χ1n) is 4.25. The van der Waals surface area contributed by atoms with Crippen LogP contribution in [0.25, 0.3) is 5.70 Å². The first-order valence-corrected chi connectivity index (χ1v) is 4.25. The molecule has 3 N–H and O–H groups in total. The van der Waals surface area contributed by atoms with E-state index in [1.54, 1.807) is 30.7 Å². The van der Waals surface area contributed by atoms with Crippen LogP contribution >= 0.6 is 0 Å². The zero-order valence-corrected chi connectivity index (χ0v) is 7.93. The number of hydrogen-bond acceptors (Lipinski definition) is 4. The summed E-state index contributed by atoms with van der Waals surface area (Å²) in [6.45, 7) is -0.148. The van der Waals surface area contributed by atoms with Crippen LogP contribution in [-0.4, -0.2) is 23.7 Å². The number of amides is 1. The number of rotatable bonds is 4. The summed E-state index contributed by atoms with van der Waals surface area (Å²) in [5.41, 5.74) is 6.37. The van der Waals surface area contributed by atoms with E-state index < -0.39 is 5.91 Å². The maximum atomic E-state index is 11.1. The van der Waals surface area contributed by atoms with Crippen molar-refractivity contribution < 1.29 is 9.59 Å². The van der Waals surface area contributed by atoms with E-state index in [0.29, 0.717) is 5.69 Å². The van der Waals surface area contributed by atoms with Crippen molar-refractivity contribution in [2.45, 2.75) is 0 Å². The van der Waals surface area contributed by atoms with Crippen LogP contribution < -0.4 is 11.1 Å². The van der Waals surface area contributed by atoms with Gasteiger partial charge in [-0.2, -0.15) is 0 Å². The highest BCUT2D eigenvalue weighted by molar-refractivity contribution is 5.94. The molecule has 77 valence electrons. The molecule has 1 amide bonds. The van der Waals surface area contributed by atoms with Gasteiger partial charge in [0, 0.05) is 12.3 Å². The van der Waals surface area contributed by atoms with Gasteiger partial charge in [-0.25, -0.2) is 0 Å². The van der Waals surface area contributed by atoms with Gasteiger partial charge in [-0.3, -0.25) is 14.6 Å². The van der Waals surface area contributed by atoms with Gasteiger partial charge in [0.25, 0.3) is 0 Å². The Morgan fingerprint density at radius 3 is 3.00 bits per heavy atom. The van der Waals surface area contributed by atoms with Gasteiger partial charge < -0.3 is 11.1 Å². The lowest BCUT2D eigenvalue weighted by Crippen LogP contribution is -2.23. The molecule has 0 fully saturated rings. The van der Waals surface area contributed by atoms with Crippen LogP contribution in [0.1, 0.15) is 5.69 Å². The fraction of sp³-hybridized carbons (Fsp3) is 0.100. The summed E-state index contributed by atoms with van der Waals surface area (Å²) in [6, 6.07) is 5.20. The minimum atomic E-state index is -0.443. The molecule has 5 nitrogen and oxygen atoms in total. The Labute approximate surface area is 87.0 Å². The third-order valence-corrected chi connectivity index (χ3v) is 1.58. The molecule has 0 unspecified atom stereocenters. The molecule has 0 spiro atoms. The summed E-state index contributed by atoms with van der Waals surface area (Å²) in [5.74, 6) is -0.443. The lowest BCUT2D eigenvalue weighted by molar-refractivity contribution is -0.116. The van der Waals surface area contributed by atoms with Crippen LogP contribution in [0.15, 0.2) is 30.5 Å². The van der Waals surface area contributed by atoms with Gasteiger partial charge in [0.05, 0.1) is 17.9 Å². The second-order valence-corrected chi connectivity index (χ2v) is 2.68. The van der Waals surface area contributed by atoms with Gasteiger partial charge in [0.1, 0.15) is 0 Å². The van der Waals surface area contributed by atoms with Crippen molar-refractivity contribution in [2.24, 2.45) is 5.73 Å². The Balaban J connectivity index is 2.67. The van der Waals surface area contributed by atoms with E-state index in [0.717, 1.165) is 0 Å². The summed E-state index contributed by atoms with van der Waals surface area (Å²) in [7, 11) is 0. The molecule has 0 aliphatic carbocycles. The van der Waals surface area contributed by atoms with Crippen molar-refractivity contribution >= 4 is 17.9 Å². The first kappa shape index (κ1) is 10.9. The monoisotopic (exact) mass is 204 g/mol. The van der Waals surface area contributed by atoms with Gasteiger partial charge in [-0.05, 0) is 12.1 Å². The standard InChI is InChI=1S/C10H10N3O2/c11-8(7-10(15)13-5-6-14)9-3-1-2-4-12-9/h1-4,7H,5,11H2,(H,13,15). The number of nitrogens with one attached hydrogen (secondary N) is 1. The molecular weight excluding hydrogens is 194 g/mol. The highest BCUT2D eigenvalue weighted by Gasteiger charge is 2.00. The highest BCUT2D eigenvalue weighted by Crippen LogP contribution is 2.02. The van der Waals surface area contributed by atoms with Crippen LogP contribution in [0, 0.1) is 0 Å². The molecule has 0 atom stereocenters. The quantitative estimate of drug-likeness (QED) is 0.654. The Bertz CT molecular complexity index is 374. The van der Waals surface area contributed by atoms with Crippen LogP contribution in [0.3, 0.4) is 0 Å². The third-order valence-electron chi connectivity index (χ3n) is 1.58. The van der Waals surface area contributed by atoms with Crippen LogP contribution in [0.2, 0.25) is 0 Å². The zero-order chi connectivity index (χ0) is 11.1. The van der Waals surface area contributed by atoms with Gasteiger partial charge in [0.15, 0.2) is 0 Å². The van der Waals surface area contributed by atoms with Crippen LogP contribution in [0.5, 0.6) is 0 Å². The van der Waals surface area contributed by atoms with Crippen molar-refractivity contribution in [1.82, 2.24) is 10.3 Å². The molecule has 0 aliphatic heterocycles. The number of nitrogens with zero attached hydrogens (tertiary/aromatic N) is 1. The topological polar surface area (TPSA) is 85.1 Å². The number of carbonyl (C=O) groups excluding carboxylic acids is 2. The fourth-order valence-electron chi connectivity index (χ4n) is 0.923. The number of nitrogens with two attached hydrogens (primary N) is 1. The summed E-state index contributed by atoms with van der Waals surface area (Å²) in [5, 5.41) is 2.29. The largest absolute Gasteiger partial charge is 0.397 e. The van der Waals surface area contributed by atoms with Crippen LogP contribution in [0.4, 0.5) is 0 Å².